The van der Waals surface area contributed by atoms with Gasteiger partial charge in [-0.15, -0.1) is 0 Å². The number of hydrogen-bond donors (Lipinski definition) is 2. The van der Waals surface area contributed by atoms with Gasteiger partial charge in [0.25, 0.3) is 0 Å². The molecule has 1 heterocycles. The van der Waals surface area contributed by atoms with Gasteiger partial charge >= 0.3 is 0 Å². The third-order valence-electron chi connectivity index (χ3n) is 5.69. The van der Waals surface area contributed by atoms with Gasteiger partial charge in [0, 0.05) is 12.1 Å². The fourth-order valence-corrected chi connectivity index (χ4v) is 4.70. The van der Waals surface area contributed by atoms with E-state index in [2.05, 4.69) is 18.3 Å². The number of carbonyl (C=O) groups is 3. The number of carbonyl (C=O) groups excluding carboxylic acids is 3. The van der Waals surface area contributed by atoms with Crippen molar-refractivity contribution in [1.29, 1.82) is 0 Å². The molecular formula is C21H27N3O5S. The molecule has 0 bridgehead atoms. The van der Waals surface area contributed by atoms with Gasteiger partial charge in [-0.2, -0.15) is 0 Å². The van der Waals surface area contributed by atoms with E-state index in [-0.39, 0.29) is 35.0 Å². The molecular weight excluding hydrogens is 406 g/mol. The Morgan fingerprint density at radius 2 is 1.80 bits per heavy atom. The average molecular weight is 434 g/mol. The summed E-state index contributed by atoms with van der Waals surface area (Å²) in [7, 11) is -3.84. The molecule has 0 radical (unpaired) electrons. The van der Waals surface area contributed by atoms with Crippen LogP contribution in [0.15, 0.2) is 41.3 Å². The number of nitrogens with one attached hydrogen (secondary N) is 1. The number of benzene rings is 1. The number of primary sulfonamides is 1. The van der Waals surface area contributed by atoms with Crippen LogP contribution in [0.1, 0.15) is 33.6 Å². The molecule has 162 valence electrons. The van der Waals surface area contributed by atoms with Crippen molar-refractivity contribution >= 4 is 33.4 Å². The van der Waals surface area contributed by atoms with Crippen LogP contribution < -0.4 is 10.5 Å². The van der Waals surface area contributed by atoms with Gasteiger partial charge in [-0.1, -0.05) is 32.9 Å². The fourth-order valence-electron chi connectivity index (χ4n) is 4.18. The second-order valence-electron chi connectivity index (χ2n) is 8.42. The van der Waals surface area contributed by atoms with Gasteiger partial charge in [-0.3, -0.25) is 19.3 Å². The highest BCUT2D eigenvalue weighted by molar-refractivity contribution is 7.89. The van der Waals surface area contributed by atoms with Crippen molar-refractivity contribution in [3.8, 4) is 0 Å². The molecule has 9 heteroatoms. The molecule has 0 spiro atoms. The summed E-state index contributed by atoms with van der Waals surface area (Å²) >= 11 is 0. The molecule has 30 heavy (non-hydrogen) atoms. The average Bonchev–Trinajstić information content (AvgIpc) is 3.19. The van der Waals surface area contributed by atoms with Crippen LogP contribution in [0.5, 0.6) is 0 Å². The standard InChI is InChI=1S/C21H27N3O5S/c1-12(2)19(20(26)23-15-6-8-16(9-7-15)30(22,28)29)24-18(25)11-17(21(24)27)14-5-4-13(3)10-14/h4-9,12-14,17,19H,10-11H2,1-3H3,(H,23,26)(H2,22,28,29)/t13-,14+,17+,19-/m1/s1. The van der Waals surface area contributed by atoms with Crippen LogP contribution in [-0.4, -0.2) is 37.1 Å². The lowest BCUT2D eigenvalue weighted by Gasteiger charge is -2.29. The summed E-state index contributed by atoms with van der Waals surface area (Å²) in [6.07, 6.45) is 5.00. The Morgan fingerprint density at radius 1 is 1.17 bits per heavy atom. The maximum Gasteiger partial charge on any atom is 0.247 e. The third kappa shape index (κ3) is 4.46. The lowest BCUT2D eigenvalue weighted by Crippen LogP contribution is -2.50. The van der Waals surface area contributed by atoms with Crippen LogP contribution in [0.4, 0.5) is 5.69 Å². The van der Waals surface area contributed by atoms with Crippen molar-refractivity contribution in [2.24, 2.45) is 28.8 Å². The summed E-state index contributed by atoms with van der Waals surface area (Å²) < 4.78 is 22.7. The van der Waals surface area contributed by atoms with Crippen LogP contribution in [0.25, 0.3) is 0 Å². The molecule has 0 saturated carbocycles. The molecule has 0 aromatic heterocycles. The Labute approximate surface area is 176 Å². The number of amides is 3. The molecule has 3 rings (SSSR count). The predicted octanol–water partition coefficient (Wildman–Crippen LogP) is 1.88. The number of sulfonamides is 1. The molecule has 1 aliphatic heterocycles. The minimum atomic E-state index is -3.84. The number of allylic oxidation sites excluding steroid dienone is 2. The van der Waals surface area contributed by atoms with E-state index in [0.717, 1.165) is 11.3 Å². The summed E-state index contributed by atoms with van der Waals surface area (Å²) in [5.41, 5.74) is 0.348. The quantitative estimate of drug-likeness (QED) is 0.523. The predicted molar refractivity (Wildman–Crippen MR) is 111 cm³/mol. The van der Waals surface area contributed by atoms with Gasteiger partial charge in [0.1, 0.15) is 6.04 Å². The third-order valence-corrected chi connectivity index (χ3v) is 6.62. The summed E-state index contributed by atoms with van der Waals surface area (Å²) in [5, 5.41) is 7.76. The van der Waals surface area contributed by atoms with E-state index in [0.29, 0.717) is 11.6 Å². The maximum atomic E-state index is 13.1. The van der Waals surface area contributed by atoms with E-state index in [1.807, 2.05) is 6.08 Å². The van der Waals surface area contributed by atoms with Crippen LogP contribution in [0, 0.1) is 23.7 Å². The number of nitrogens with zero attached hydrogens (tertiary/aromatic N) is 1. The number of likely N-dealkylation sites (tertiary alicyclic amines) is 1. The van der Waals surface area contributed by atoms with Crippen LogP contribution in [-0.2, 0) is 24.4 Å². The van der Waals surface area contributed by atoms with E-state index < -0.39 is 27.9 Å². The zero-order chi connectivity index (χ0) is 22.2. The molecule has 2 aliphatic rings. The Bertz CT molecular complexity index is 984. The largest absolute Gasteiger partial charge is 0.324 e. The van der Waals surface area contributed by atoms with Gasteiger partial charge in [-0.25, -0.2) is 13.6 Å². The minimum Gasteiger partial charge on any atom is -0.324 e. The maximum absolute atomic E-state index is 13.1. The van der Waals surface area contributed by atoms with Crippen molar-refractivity contribution in [2.45, 2.75) is 44.6 Å². The highest BCUT2D eigenvalue weighted by Gasteiger charge is 2.48. The molecule has 1 aromatic rings. The Hall–Kier alpha value is -2.52. The van der Waals surface area contributed by atoms with E-state index >= 15 is 0 Å². The Kier molecular flexibility index (Phi) is 6.14. The number of nitrogens with two attached hydrogens (primary N) is 1. The van der Waals surface area contributed by atoms with Crippen molar-refractivity contribution in [2.75, 3.05) is 5.32 Å². The van der Waals surface area contributed by atoms with Gasteiger partial charge in [0.15, 0.2) is 0 Å². The van der Waals surface area contributed by atoms with Crippen molar-refractivity contribution in [1.82, 2.24) is 4.90 Å². The molecule has 0 unspecified atom stereocenters. The minimum absolute atomic E-state index is 0.0167. The molecule has 1 aliphatic carbocycles. The highest BCUT2D eigenvalue weighted by atomic mass is 32.2. The van der Waals surface area contributed by atoms with Crippen LogP contribution in [0.3, 0.4) is 0 Å². The summed E-state index contributed by atoms with van der Waals surface area (Å²) in [4.78, 5) is 39.8. The van der Waals surface area contributed by atoms with Crippen molar-refractivity contribution in [3.63, 3.8) is 0 Å². The Balaban J connectivity index is 1.78. The molecule has 3 N–H and O–H groups in total. The topological polar surface area (TPSA) is 127 Å². The second-order valence-corrected chi connectivity index (χ2v) is 9.98. The normalized spacial score (nSPS) is 25.2. The molecule has 4 atom stereocenters. The van der Waals surface area contributed by atoms with E-state index in [1.165, 1.54) is 24.3 Å². The molecule has 1 saturated heterocycles. The van der Waals surface area contributed by atoms with Gasteiger partial charge in [0.2, 0.25) is 27.7 Å². The molecule has 8 nitrogen and oxygen atoms in total. The van der Waals surface area contributed by atoms with Crippen molar-refractivity contribution in [3.05, 3.63) is 36.4 Å². The first kappa shape index (κ1) is 22.2. The fraction of sp³-hybridized carbons (Fsp3) is 0.476. The summed E-state index contributed by atoms with van der Waals surface area (Å²) in [6, 6.07) is 4.44. The van der Waals surface area contributed by atoms with Gasteiger partial charge in [-0.05, 0) is 48.4 Å². The summed E-state index contributed by atoms with van der Waals surface area (Å²) in [6.45, 7) is 5.63. The molecule has 3 amide bonds. The second kappa shape index (κ2) is 8.31. The van der Waals surface area contributed by atoms with Crippen LogP contribution >= 0.6 is 0 Å². The lowest BCUT2D eigenvalue weighted by molar-refractivity contribution is -0.147. The first-order valence-electron chi connectivity index (χ1n) is 9.97. The zero-order valence-electron chi connectivity index (χ0n) is 17.2. The number of imide groups is 1. The molecule has 1 fully saturated rings. The van der Waals surface area contributed by atoms with Gasteiger partial charge < -0.3 is 5.32 Å². The number of hydrogen-bond acceptors (Lipinski definition) is 5. The number of rotatable bonds is 6. The smallest absolute Gasteiger partial charge is 0.247 e. The van der Waals surface area contributed by atoms with Crippen molar-refractivity contribution < 1.29 is 22.8 Å². The highest BCUT2D eigenvalue weighted by Crippen LogP contribution is 2.37. The first-order valence-corrected chi connectivity index (χ1v) is 11.5. The van der Waals surface area contributed by atoms with E-state index in [9.17, 15) is 22.8 Å². The zero-order valence-corrected chi connectivity index (χ0v) is 18.1. The number of anilines is 1. The van der Waals surface area contributed by atoms with Crippen LogP contribution in [0.2, 0.25) is 0 Å². The van der Waals surface area contributed by atoms with E-state index in [4.69, 9.17) is 5.14 Å². The lowest BCUT2D eigenvalue weighted by atomic mass is 9.89. The Morgan fingerprint density at radius 3 is 2.30 bits per heavy atom. The van der Waals surface area contributed by atoms with Gasteiger partial charge in [0.05, 0.1) is 10.8 Å². The monoisotopic (exact) mass is 433 g/mol. The molecule has 1 aromatic carbocycles. The SMILES string of the molecule is CC(C)[C@H](C(=O)Nc1ccc(S(N)(=O)=O)cc1)N1C(=O)C[C@@H]([C@H]2C=C[C@@H](C)C2)C1=O. The summed E-state index contributed by atoms with van der Waals surface area (Å²) in [5.74, 6) is -1.47. The first-order chi connectivity index (χ1) is 14.0. The van der Waals surface area contributed by atoms with E-state index in [1.54, 1.807) is 13.8 Å².